The molecule has 5 nitrogen and oxygen atoms in total. The molecule has 0 spiro atoms. The van der Waals surface area contributed by atoms with Crippen LogP contribution in [0, 0.1) is 17.1 Å². The van der Waals surface area contributed by atoms with Crippen LogP contribution >= 0.6 is 11.8 Å². The van der Waals surface area contributed by atoms with Crippen molar-refractivity contribution in [1.82, 2.24) is 9.88 Å². The first-order chi connectivity index (χ1) is 12.6. The lowest BCUT2D eigenvalue weighted by Crippen LogP contribution is -2.27. The molecule has 1 N–H and O–H groups in total. The minimum atomic E-state index is -0.385. The van der Waals surface area contributed by atoms with E-state index in [-0.39, 0.29) is 23.3 Å². The molecular formula is C19H18FN3O2S. The molecule has 0 atom stereocenters. The van der Waals surface area contributed by atoms with E-state index in [1.54, 1.807) is 17.2 Å². The molecule has 0 radical (unpaired) electrons. The number of thioether (sulfide) groups is 1. The molecule has 134 valence electrons. The van der Waals surface area contributed by atoms with E-state index in [9.17, 15) is 14.0 Å². The lowest BCUT2D eigenvalue weighted by molar-refractivity contribution is 0.0787. The first kappa shape index (κ1) is 18.2. The molecule has 1 saturated heterocycles. The molecule has 3 rings (SSSR count). The Kier molecular flexibility index (Phi) is 5.74. The van der Waals surface area contributed by atoms with Crippen molar-refractivity contribution in [2.45, 2.75) is 18.6 Å². The molecule has 2 heterocycles. The van der Waals surface area contributed by atoms with Crippen molar-refractivity contribution in [3.8, 4) is 6.07 Å². The summed E-state index contributed by atoms with van der Waals surface area (Å²) in [5.41, 5.74) is 1.67. The van der Waals surface area contributed by atoms with Crippen LogP contribution in [0.15, 0.2) is 30.5 Å². The highest BCUT2D eigenvalue weighted by molar-refractivity contribution is 7.99. The predicted octanol–water partition coefficient (Wildman–Crippen LogP) is 3.38. The molecule has 7 heteroatoms. The lowest BCUT2D eigenvalue weighted by Gasteiger charge is -2.13. The van der Waals surface area contributed by atoms with Gasteiger partial charge in [-0.25, -0.2) is 4.39 Å². The summed E-state index contributed by atoms with van der Waals surface area (Å²) in [4.78, 5) is 29.2. The van der Waals surface area contributed by atoms with Gasteiger partial charge in [0.05, 0.1) is 17.4 Å². The van der Waals surface area contributed by atoms with Gasteiger partial charge in [-0.3, -0.25) is 9.59 Å². The Morgan fingerprint density at radius 1 is 1.27 bits per heavy atom. The van der Waals surface area contributed by atoms with Crippen LogP contribution in [0.25, 0.3) is 0 Å². The van der Waals surface area contributed by atoms with E-state index in [4.69, 9.17) is 5.26 Å². The molecule has 0 aliphatic carbocycles. The second kappa shape index (κ2) is 8.19. The van der Waals surface area contributed by atoms with E-state index in [2.05, 4.69) is 4.98 Å². The predicted molar refractivity (Wildman–Crippen MR) is 97.5 cm³/mol. The van der Waals surface area contributed by atoms with Gasteiger partial charge < -0.3 is 9.88 Å². The van der Waals surface area contributed by atoms with Crippen LogP contribution in [-0.4, -0.2) is 40.4 Å². The lowest BCUT2D eigenvalue weighted by atomic mass is 10.1. The van der Waals surface area contributed by atoms with Gasteiger partial charge in [-0.2, -0.15) is 5.26 Å². The normalized spacial score (nSPS) is 13.6. The summed E-state index contributed by atoms with van der Waals surface area (Å²) >= 11 is 1.28. The second-order valence-corrected chi connectivity index (χ2v) is 7.12. The maximum absolute atomic E-state index is 13.7. The zero-order chi connectivity index (χ0) is 18.5. The van der Waals surface area contributed by atoms with Crippen LogP contribution in [0.4, 0.5) is 4.39 Å². The Morgan fingerprint density at radius 2 is 2.04 bits per heavy atom. The number of nitrogens with zero attached hydrogens (tertiary/aromatic N) is 2. The summed E-state index contributed by atoms with van der Waals surface area (Å²) in [7, 11) is 0. The molecule has 1 fully saturated rings. The topological polar surface area (TPSA) is 77.0 Å². The fraction of sp³-hybridized carbons (Fsp3) is 0.316. The molecule has 2 aromatic rings. The van der Waals surface area contributed by atoms with Gasteiger partial charge in [0.1, 0.15) is 11.5 Å². The van der Waals surface area contributed by atoms with Crippen LogP contribution in [0.5, 0.6) is 0 Å². The maximum Gasteiger partial charge on any atom is 0.270 e. The molecule has 1 aliphatic rings. The molecule has 1 aromatic carbocycles. The van der Waals surface area contributed by atoms with Crippen LogP contribution < -0.4 is 0 Å². The van der Waals surface area contributed by atoms with E-state index in [1.807, 2.05) is 6.07 Å². The van der Waals surface area contributed by atoms with Gasteiger partial charge in [0.2, 0.25) is 0 Å². The first-order valence-electron chi connectivity index (χ1n) is 8.35. The quantitative estimate of drug-likeness (QED) is 0.790. The standard InChI is InChI=1S/C19H18FN3O2S/c20-16-4-3-13(9-21)7-15(16)11-26-12-18(24)14-8-17(22-10-14)19(25)23-5-1-2-6-23/h3-4,7-8,10,22H,1-2,5-6,11-12H2. The molecule has 1 amide bonds. The summed E-state index contributed by atoms with van der Waals surface area (Å²) in [6, 6.07) is 7.74. The number of benzene rings is 1. The van der Waals surface area contributed by atoms with Crippen LogP contribution in [-0.2, 0) is 5.75 Å². The third-order valence-corrected chi connectivity index (χ3v) is 5.28. The summed E-state index contributed by atoms with van der Waals surface area (Å²) < 4.78 is 13.7. The number of aromatic amines is 1. The Bertz CT molecular complexity index is 866. The van der Waals surface area contributed by atoms with Crippen LogP contribution in [0.1, 0.15) is 44.8 Å². The number of nitriles is 1. The van der Waals surface area contributed by atoms with E-state index in [0.29, 0.717) is 28.1 Å². The second-order valence-electron chi connectivity index (χ2n) is 6.14. The number of nitrogens with one attached hydrogen (secondary N) is 1. The molecule has 0 bridgehead atoms. The highest BCUT2D eigenvalue weighted by Gasteiger charge is 2.21. The highest BCUT2D eigenvalue weighted by atomic mass is 32.2. The number of aromatic nitrogens is 1. The Morgan fingerprint density at radius 3 is 2.77 bits per heavy atom. The highest BCUT2D eigenvalue weighted by Crippen LogP contribution is 2.19. The third kappa shape index (κ3) is 4.14. The number of ketones is 1. The fourth-order valence-electron chi connectivity index (χ4n) is 2.86. The molecule has 0 saturated carbocycles. The zero-order valence-electron chi connectivity index (χ0n) is 14.1. The number of amides is 1. The summed E-state index contributed by atoms with van der Waals surface area (Å²) in [6.45, 7) is 1.51. The molecule has 26 heavy (non-hydrogen) atoms. The van der Waals surface area contributed by atoms with Crippen molar-refractivity contribution in [1.29, 1.82) is 5.26 Å². The Labute approximate surface area is 155 Å². The molecule has 1 aromatic heterocycles. The largest absolute Gasteiger partial charge is 0.356 e. The smallest absolute Gasteiger partial charge is 0.270 e. The molecule has 0 unspecified atom stereocenters. The van der Waals surface area contributed by atoms with Crippen LogP contribution in [0.3, 0.4) is 0 Å². The number of carbonyl (C=O) groups excluding carboxylic acids is 2. The van der Waals surface area contributed by atoms with E-state index in [0.717, 1.165) is 25.9 Å². The zero-order valence-corrected chi connectivity index (χ0v) is 14.9. The minimum Gasteiger partial charge on any atom is -0.356 e. The Balaban J connectivity index is 1.56. The summed E-state index contributed by atoms with van der Waals surface area (Å²) in [5, 5.41) is 8.87. The summed E-state index contributed by atoms with van der Waals surface area (Å²) in [5.74, 6) is -0.111. The van der Waals surface area contributed by atoms with E-state index < -0.39 is 0 Å². The number of likely N-dealkylation sites (tertiary alicyclic amines) is 1. The summed E-state index contributed by atoms with van der Waals surface area (Å²) in [6.07, 6.45) is 3.57. The van der Waals surface area contributed by atoms with Gasteiger partial charge in [0.15, 0.2) is 5.78 Å². The fourth-order valence-corrected chi connectivity index (χ4v) is 3.76. The maximum atomic E-state index is 13.7. The number of H-pyrrole nitrogens is 1. The van der Waals surface area contributed by atoms with Crippen molar-refractivity contribution < 1.29 is 14.0 Å². The van der Waals surface area contributed by atoms with E-state index in [1.165, 1.54) is 30.0 Å². The Hall–Kier alpha value is -2.59. The number of halogens is 1. The van der Waals surface area contributed by atoms with Crippen molar-refractivity contribution in [2.24, 2.45) is 0 Å². The van der Waals surface area contributed by atoms with E-state index >= 15 is 0 Å². The molecular weight excluding hydrogens is 353 g/mol. The van der Waals surface area contributed by atoms with Gasteiger partial charge in [0, 0.05) is 30.6 Å². The average Bonchev–Trinajstić information content (AvgIpc) is 3.34. The van der Waals surface area contributed by atoms with Crippen molar-refractivity contribution >= 4 is 23.5 Å². The van der Waals surface area contributed by atoms with Crippen molar-refractivity contribution in [3.63, 3.8) is 0 Å². The van der Waals surface area contributed by atoms with Crippen LogP contribution in [0.2, 0.25) is 0 Å². The number of rotatable bonds is 6. The average molecular weight is 371 g/mol. The number of Topliss-reactive ketones (excluding diaryl/α,β-unsaturated/α-hetero) is 1. The van der Waals surface area contributed by atoms with Gasteiger partial charge in [-0.15, -0.1) is 11.8 Å². The van der Waals surface area contributed by atoms with Gasteiger partial charge in [-0.1, -0.05) is 0 Å². The SMILES string of the molecule is N#Cc1ccc(F)c(CSCC(=O)c2c[nH]c(C(=O)N3CCCC3)c2)c1. The van der Waals surface area contributed by atoms with Gasteiger partial charge in [0.25, 0.3) is 5.91 Å². The van der Waals surface area contributed by atoms with Gasteiger partial charge in [-0.05, 0) is 42.7 Å². The molecule has 1 aliphatic heterocycles. The van der Waals surface area contributed by atoms with Crippen molar-refractivity contribution in [2.75, 3.05) is 18.8 Å². The number of hydrogen-bond donors (Lipinski definition) is 1. The van der Waals surface area contributed by atoms with Gasteiger partial charge >= 0.3 is 0 Å². The number of hydrogen-bond acceptors (Lipinski definition) is 4. The van der Waals surface area contributed by atoms with Crippen molar-refractivity contribution in [3.05, 3.63) is 58.7 Å². The number of carbonyl (C=O) groups is 2. The monoisotopic (exact) mass is 371 g/mol. The minimum absolute atomic E-state index is 0.0791. The third-order valence-electron chi connectivity index (χ3n) is 4.29. The first-order valence-corrected chi connectivity index (χ1v) is 9.51.